The first-order valence-electron chi connectivity index (χ1n) is 12.2. The van der Waals surface area contributed by atoms with Crippen LogP contribution in [0, 0.1) is 29.1 Å². The molecule has 6 heteroatoms. The van der Waals surface area contributed by atoms with Crippen LogP contribution in [0.1, 0.15) is 71.6 Å². The highest BCUT2D eigenvalue weighted by molar-refractivity contribution is 5.89. The maximum atomic E-state index is 13.5. The van der Waals surface area contributed by atoms with Crippen molar-refractivity contribution < 1.29 is 14.4 Å². The minimum atomic E-state index is -0.230. The summed E-state index contributed by atoms with van der Waals surface area (Å²) in [4.78, 5) is 42.2. The van der Waals surface area contributed by atoms with Crippen LogP contribution < -0.4 is 5.32 Å². The fourth-order valence-electron chi connectivity index (χ4n) is 7.66. The van der Waals surface area contributed by atoms with Crippen molar-refractivity contribution in [2.24, 2.45) is 29.1 Å². The van der Waals surface area contributed by atoms with Gasteiger partial charge in [-0.2, -0.15) is 0 Å². The molecule has 0 aromatic rings. The van der Waals surface area contributed by atoms with E-state index in [-0.39, 0.29) is 35.2 Å². The molecule has 0 spiro atoms. The van der Waals surface area contributed by atoms with E-state index in [9.17, 15) is 14.4 Å². The fourth-order valence-corrected chi connectivity index (χ4v) is 7.66. The van der Waals surface area contributed by atoms with Gasteiger partial charge >= 0.3 is 0 Å². The molecule has 1 N–H and O–H groups in total. The van der Waals surface area contributed by atoms with Gasteiger partial charge in [0.2, 0.25) is 17.7 Å². The molecule has 4 aliphatic carbocycles. The second kappa shape index (κ2) is 7.52. The van der Waals surface area contributed by atoms with Gasteiger partial charge in [0.25, 0.3) is 0 Å². The Kier molecular flexibility index (Phi) is 5.10. The number of rotatable bonds is 4. The molecule has 6 aliphatic rings. The van der Waals surface area contributed by atoms with Crippen molar-refractivity contribution in [1.29, 1.82) is 0 Å². The number of piperidine rings is 1. The van der Waals surface area contributed by atoms with Crippen molar-refractivity contribution in [3.63, 3.8) is 0 Å². The minimum absolute atomic E-state index is 0.0114. The van der Waals surface area contributed by atoms with Crippen molar-refractivity contribution in [1.82, 2.24) is 15.1 Å². The molecule has 6 nitrogen and oxygen atoms in total. The summed E-state index contributed by atoms with van der Waals surface area (Å²) in [5, 5.41) is 3.18. The second-order valence-electron chi connectivity index (χ2n) is 11.3. The summed E-state index contributed by atoms with van der Waals surface area (Å²) in [6, 6.07) is 0.273. The molecular weight excluding hydrogens is 378 g/mol. The Morgan fingerprint density at radius 1 is 1.00 bits per heavy atom. The number of nitrogens with one attached hydrogen (secondary N) is 1. The summed E-state index contributed by atoms with van der Waals surface area (Å²) in [5.74, 6) is 2.65. The van der Waals surface area contributed by atoms with Gasteiger partial charge in [-0.15, -0.1) is 0 Å². The summed E-state index contributed by atoms with van der Waals surface area (Å²) >= 11 is 0. The lowest BCUT2D eigenvalue weighted by Crippen LogP contribution is -2.57. The number of amides is 3. The van der Waals surface area contributed by atoms with Crippen molar-refractivity contribution in [2.75, 3.05) is 19.6 Å². The Bertz CT molecular complexity index is 690. The van der Waals surface area contributed by atoms with E-state index in [4.69, 9.17) is 0 Å². The topological polar surface area (TPSA) is 69.7 Å². The Labute approximate surface area is 180 Å². The number of hydrogen-bond acceptors (Lipinski definition) is 3. The minimum Gasteiger partial charge on any atom is -0.353 e. The van der Waals surface area contributed by atoms with Gasteiger partial charge in [-0.3, -0.25) is 14.4 Å². The summed E-state index contributed by atoms with van der Waals surface area (Å²) in [5.41, 5.74) is -0.0602. The second-order valence-corrected chi connectivity index (χ2v) is 11.3. The largest absolute Gasteiger partial charge is 0.353 e. The van der Waals surface area contributed by atoms with E-state index in [0.717, 1.165) is 62.9 Å². The highest BCUT2D eigenvalue weighted by Gasteiger charge is 2.55. The van der Waals surface area contributed by atoms with Crippen molar-refractivity contribution in [2.45, 2.75) is 83.7 Å². The smallest absolute Gasteiger partial charge is 0.228 e. The average Bonchev–Trinajstić information content (AvgIpc) is 3.09. The third kappa shape index (κ3) is 3.54. The maximum Gasteiger partial charge on any atom is 0.228 e. The molecule has 4 bridgehead atoms. The molecule has 166 valence electrons. The van der Waals surface area contributed by atoms with Crippen molar-refractivity contribution >= 4 is 17.7 Å². The molecule has 0 aromatic heterocycles. The lowest BCUT2D eigenvalue weighted by atomic mass is 9.49. The van der Waals surface area contributed by atoms with Crippen LogP contribution in [-0.4, -0.2) is 59.2 Å². The van der Waals surface area contributed by atoms with E-state index >= 15 is 0 Å². The van der Waals surface area contributed by atoms with Crippen LogP contribution in [0.3, 0.4) is 0 Å². The summed E-state index contributed by atoms with van der Waals surface area (Å²) < 4.78 is 0. The molecule has 4 saturated carbocycles. The first-order valence-corrected chi connectivity index (χ1v) is 12.2. The molecule has 1 atom stereocenters. The van der Waals surface area contributed by atoms with Gasteiger partial charge in [0.1, 0.15) is 0 Å². The number of carbonyl (C=O) groups is 3. The lowest BCUT2D eigenvalue weighted by molar-refractivity contribution is -0.158. The van der Waals surface area contributed by atoms with Crippen LogP contribution in [0.5, 0.6) is 0 Å². The van der Waals surface area contributed by atoms with Crippen LogP contribution in [0.2, 0.25) is 0 Å². The Morgan fingerprint density at radius 2 is 1.57 bits per heavy atom. The van der Waals surface area contributed by atoms with E-state index in [0.29, 0.717) is 18.9 Å². The maximum absolute atomic E-state index is 13.5. The molecule has 0 radical (unpaired) electrons. The van der Waals surface area contributed by atoms with Crippen LogP contribution in [-0.2, 0) is 14.4 Å². The lowest BCUT2D eigenvalue weighted by Gasteiger charge is -2.57. The zero-order valence-corrected chi connectivity index (χ0v) is 18.6. The van der Waals surface area contributed by atoms with Crippen LogP contribution in [0.25, 0.3) is 0 Å². The Morgan fingerprint density at radius 3 is 2.07 bits per heavy atom. The third-order valence-electron chi connectivity index (χ3n) is 8.77. The molecule has 2 heterocycles. The van der Waals surface area contributed by atoms with Gasteiger partial charge in [-0.25, -0.2) is 0 Å². The molecule has 2 saturated heterocycles. The summed E-state index contributed by atoms with van der Waals surface area (Å²) in [6.07, 6.45) is 9.43. The van der Waals surface area contributed by atoms with Gasteiger partial charge in [-0.05, 0) is 83.0 Å². The Balaban J connectivity index is 1.13. The highest BCUT2D eigenvalue weighted by Crippen LogP contribution is 2.60. The molecule has 0 aromatic carbocycles. The van der Waals surface area contributed by atoms with E-state index < -0.39 is 0 Å². The van der Waals surface area contributed by atoms with Crippen LogP contribution in [0.4, 0.5) is 0 Å². The zero-order chi connectivity index (χ0) is 21.0. The average molecular weight is 416 g/mol. The van der Waals surface area contributed by atoms with Crippen molar-refractivity contribution in [3.05, 3.63) is 0 Å². The first-order chi connectivity index (χ1) is 14.3. The van der Waals surface area contributed by atoms with E-state index in [1.807, 2.05) is 13.8 Å². The van der Waals surface area contributed by atoms with Gasteiger partial charge in [0, 0.05) is 38.1 Å². The molecule has 3 amide bonds. The van der Waals surface area contributed by atoms with Crippen LogP contribution in [0.15, 0.2) is 0 Å². The molecular formula is C24H37N3O3. The Hall–Kier alpha value is -1.59. The molecule has 6 fully saturated rings. The third-order valence-corrected chi connectivity index (χ3v) is 8.77. The van der Waals surface area contributed by atoms with E-state index in [1.54, 1.807) is 4.90 Å². The quantitative estimate of drug-likeness (QED) is 0.767. The SMILES string of the molecule is CC(C)N1CC(C(=O)NC2CCN(C(=O)C34CC5CC(CC(C5)C3)C4)CC2)CC1=O. The van der Waals surface area contributed by atoms with E-state index in [1.165, 1.54) is 19.3 Å². The van der Waals surface area contributed by atoms with Gasteiger partial charge in [-0.1, -0.05) is 0 Å². The number of hydrogen-bond donors (Lipinski definition) is 1. The van der Waals surface area contributed by atoms with Crippen LogP contribution >= 0.6 is 0 Å². The number of likely N-dealkylation sites (tertiary alicyclic amines) is 2. The zero-order valence-electron chi connectivity index (χ0n) is 18.6. The summed E-state index contributed by atoms with van der Waals surface area (Å²) in [6.45, 7) is 6.04. The molecule has 2 aliphatic heterocycles. The summed E-state index contributed by atoms with van der Waals surface area (Å²) in [7, 11) is 0. The molecule has 1 unspecified atom stereocenters. The number of carbonyl (C=O) groups excluding carboxylic acids is 3. The van der Waals surface area contributed by atoms with Gasteiger partial charge in [0.15, 0.2) is 0 Å². The first kappa shape index (κ1) is 20.3. The normalized spacial score (nSPS) is 38.6. The standard InChI is InChI=1S/C24H37N3O3/c1-15(2)27-14-19(10-21(27)28)22(29)25-20-3-5-26(6-4-20)23(30)24-11-16-7-17(12-24)9-18(8-16)13-24/h15-20H,3-14H2,1-2H3,(H,25,29). The predicted octanol–water partition coefficient (Wildman–Crippen LogP) is 2.57. The fraction of sp³-hybridized carbons (Fsp3) is 0.875. The predicted molar refractivity (Wildman–Crippen MR) is 113 cm³/mol. The highest BCUT2D eigenvalue weighted by atomic mass is 16.2. The van der Waals surface area contributed by atoms with Gasteiger partial charge < -0.3 is 15.1 Å². The van der Waals surface area contributed by atoms with E-state index in [2.05, 4.69) is 10.2 Å². The van der Waals surface area contributed by atoms with Crippen molar-refractivity contribution in [3.8, 4) is 0 Å². The number of nitrogens with zero attached hydrogens (tertiary/aromatic N) is 2. The van der Waals surface area contributed by atoms with Gasteiger partial charge in [0.05, 0.1) is 11.3 Å². The monoisotopic (exact) mass is 415 g/mol. The molecule has 30 heavy (non-hydrogen) atoms. The molecule has 6 rings (SSSR count).